The van der Waals surface area contributed by atoms with Crippen molar-refractivity contribution in [3.05, 3.63) is 58.8 Å². The Morgan fingerprint density at radius 2 is 1.83 bits per heavy atom. The highest BCUT2D eigenvalue weighted by atomic mass is 16.5. The lowest BCUT2D eigenvalue weighted by Gasteiger charge is -2.13. The Balaban J connectivity index is 1.68. The number of carbonyl (C=O) groups excluding carboxylic acids is 2. The normalized spacial score (nSPS) is 13.9. The second-order valence-electron chi connectivity index (χ2n) is 5.84. The zero-order chi connectivity index (χ0) is 17.1. The van der Waals surface area contributed by atoms with Gasteiger partial charge in [-0.2, -0.15) is 0 Å². The Bertz CT molecular complexity index is 767. The second-order valence-corrected chi connectivity index (χ2v) is 5.84. The molecule has 0 fully saturated rings. The van der Waals surface area contributed by atoms with Crippen LogP contribution in [0.15, 0.2) is 36.5 Å². The fourth-order valence-corrected chi connectivity index (χ4v) is 2.86. The molecule has 0 spiro atoms. The Hall–Kier alpha value is -2.69. The van der Waals surface area contributed by atoms with Gasteiger partial charge in [0.25, 0.3) is 0 Å². The summed E-state index contributed by atoms with van der Waals surface area (Å²) in [7, 11) is 1.50. The molecule has 0 N–H and O–H groups in total. The Labute approximate surface area is 140 Å². The number of pyridine rings is 1. The molecule has 1 aromatic heterocycles. The number of carbonyl (C=O) groups is 2. The van der Waals surface area contributed by atoms with Crippen LogP contribution in [0.2, 0.25) is 0 Å². The van der Waals surface area contributed by atoms with E-state index in [1.807, 2.05) is 18.2 Å². The van der Waals surface area contributed by atoms with Crippen molar-refractivity contribution < 1.29 is 19.1 Å². The number of rotatable bonds is 5. The molecule has 0 radical (unpaired) electrons. The van der Waals surface area contributed by atoms with E-state index in [9.17, 15) is 9.59 Å². The fraction of sp³-hybridized carbons (Fsp3) is 0.316. The summed E-state index contributed by atoms with van der Waals surface area (Å²) >= 11 is 0. The molecule has 1 aromatic carbocycles. The zero-order valence-corrected chi connectivity index (χ0v) is 13.7. The summed E-state index contributed by atoms with van der Waals surface area (Å²) in [5.74, 6) is -0.361. The summed E-state index contributed by atoms with van der Waals surface area (Å²) in [4.78, 5) is 28.6. The molecule has 1 atom stereocenters. The first-order chi connectivity index (χ1) is 11.6. The van der Waals surface area contributed by atoms with Crippen molar-refractivity contribution in [3.8, 4) is 5.88 Å². The molecule has 5 heteroatoms. The highest BCUT2D eigenvalue weighted by molar-refractivity contribution is 6.01. The van der Waals surface area contributed by atoms with Crippen LogP contribution in [0, 0.1) is 0 Å². The lowest BCUT2D eigenvalue weighted by molar-refractivity contribution is 0.0318. The van der Waals surface area contributed by atoms with Gasteiger partial charge in [-0.3, -0.25) is 4.79 Å². The number of methoxy groups -OCH3 is 1. The zero-order valence-electron chi connectivity index (χ0n) is 13.7. The Morgan fingerprint density at radius 1 is 1.08 bits per heavy atom. The lowest BCUT2D eigenvalue weighted by Crippen LogP contribution is -2.24. The van der Waals surface area contributed by atoms with Crippen molar-refractivity contribution in [2.75, 3.05) is 7.11 Å². The molecule has 5 nitrogen and oxygen atoms in total. The molecule has 0 amide bonds. The topological polar surface area (TPSA) is 65.5 Å². The minimum absolute atomic E-state index is 0.195. The molecule has 1 aliphatic rings. The van der Waals surface area contributed by atoms with Crippen LogP contribution >= 0.6 is 0 Å². The molecule has 24 heavy (non-hydrogen) atoms. The standard InChI is InChI=1S/C19H19NO4/c1-12(24-19(22)16-8-9-17(23-2)20-11-16)18(21)15-7-6-13-4-3-5-14(13)10-15/h6-12H,3-5H2,1-2H3/t12-/m1/s1. The fourth-order valence-electron chi connectivity index (χ4n) is 2.86. The van der Waals surface area contributed by atoms with Gasteiger partial charge in [0, 0.05) is 17.8 Å². The van der Waals surface area contributed by atoms with Crippen LogP contribution in [0.25, 0.3) is 0 Å². The molecule has 0 bridgehead atoms. The van der Waals surface area contributed by atoms with Crippen LogP contribution in [0.5, 0.6) is 5.88 Å². The van der Waals surface area contributed by atoms with Gasteiger partial charge in [-0.15, -0.1) is 0 Å². The van der Waals surface area contributed by atoms with Gasteiger partial charge in [0.05, 0.1) is 12.7 Å². The van der Waals surface area contributed by atoms with E-state index in [2.05, 4.69) is 4.98 Å². The third-order valence-electron chi connectivity index (χ3n) is 4.22. The average molecular weight is 325 g/mol. The maximum absolute atomic E-state index is 12.5. The molecule has 3 rings (SSSR count). The van der Waals surface area contributed by atoms with Gasteiger partial charge < -0.3 is 9.47 Å². The largest absolute Gasteiger partial charge is 0.481 e. The van der Waals surface area contributed by atoms with E-state index < -0.39 is 12.1 Å². The van der Waals surface area contributed by atoms with Crippen LogP contribution in [0.3, 0.4) is 0 Å². The first-order valence-electron chi connectivity index (χ1n) is 7.95. The number of Topliss-reactive ketones (excluding diaryl/α,β-unsaturated/α-hetero) is 1. The molecular weight excluding hydrogens is 306 g/mol. The highest BCUT2D eigenvalue weighted by Gasteiger charge is 2.22. The number of ketones is 1. The monoisotopic (exact) mass is 325 g/mol. The molecule has 0 unspecified atom stereocenters. The smallest absolute Gasteiger partial charge is 0.340 e. The molecule has 0 saturated heterocycles. The number of nitrogens with zero attached hydrogens (tertiary/aromatic N) is 1. The van der Waals surface area contributed by atoms with Crippen LogP contribution in [-0.4, -0.2) is 30.0 Å². The van der Waals surface area contributed by atoms with Gasteiger partial charge in [-0.25, -0.2) is 9.78 Å². The molecule has 1 heterocycles. The molecular formula is C19H19NO4. The summed E-state index contributed by atoms with van der Waals surface area (Å²) < 4.78 is 10.2. The highest BCUT2D eigenvalue weighted by Crippen LogP contribution is 2.23. The number of hydrogen-bond acceptors (Lipinski definition) is 5. The van der Waals surface area contributed by atoms with Crippen molar-refractivity contribution >= 4 is 11.8 Å². The number of hydrogen-bond donors (Lipinski definition) is 0. The van der Waals surface area contributed by atoms with E-state index in [-0.39, 0.29) is 11.3 Å². The van der Waals surface area contributed by atoms with E-state index in [0.29, 0.717) is 11.4 Å². The molecule has 0 aliphatic heterocycles. The first kappa shape index (κ1) is 16.2. The maximum Gasteiger partial charge on any atom is 0.340 e. The first-order valence-corrected chi connectivity index (χ1v) is 7.95. The molecule has 124 valence electrons. The Morgan fingerprint density at radius 3 is 2.54 bits per heavy atom. The van der Waals surface area contributed by atoms with Crippen molar-refractivity contribution in [1.82, 2.24) is 4.98 Å². The number of aromatic nitrogens is 1. The third-order valence-corrected chi connectivity index (χ3v) is 4.22. The van der Waals surface area contributed by atoms with E-state index >= 15 is 0 Å². The van der Waals surface area contributed by atoms with Gasteiger partial charge in [-0.05, 0) is 49.4 Å². The van der Waals surface area contributed by atoms with Crippen molar-refractivity contribution in [2.45, 2.75) is 32.3 Å². The second kappa shape index (κ2) is 6.83. The molecule has 0 saturated carbocycles. The van der Waals surface area contributed by atoms with E-state index in [4.69, 9.17) is 9.47 Å². The van der Waals surface area contributed by atoms with Crippen LogP contribution in [-0.2, 0) is 17.6 Å². The van der Waals surface area contributed by atoms with E-state index in [1.165, 1.54) is 24.4 Å². The van der Waals surface area contributed by atoms with E-state index in [0.717, 1.165) is 19.3 Å². The van der Waals surface area contributed by atoms with Gasteiger partial charge in [-0.1, -0.05) is 12.1 Å². The number of fused-ring (bicyclic) bond motifs is 1. The van der Waals surface area contributed by atoms with E-state index in [1.54, 1.807) is 19.1 Å². The van der Waals surface area contributed by atoms with Gasteiger partial charge in [0.1, 0.15) is 0 Å². The van der Waals surface area contributed by atoms with Gasteiger partial charge >= 0.3 is 5.97 Å². The molecule has 2 aromatic rings. The summed E-state index contributed by atoms with van der Waals surface area (Å²) in [6.45, 7) is 1.59. The predicted octanol–water partition coefficient (Wildman–Crippen LogP) is 3.01. The summed E-state index contributed by atoms with van der Waals surface area (Å²) in [5.41, 5.74) is 3.40. The van der Waals surface area contributed by atoms with Crippen molar-refractivity contribution in [3.63, 3.8) is 0 Å². The summed E-state index contributed by atoms with van der Waals surface area (Å²) in [6, 6.07) is 8.86. The average Bonchev–Trinajstić information content (AvgIpc) is 3.08. The minimum Gasteiger partial charge on any atom is -0.481 e. The minimum atomic E-state index is -0.848. The van der Waals surface area contributed by atoms with Gasteiger partial charge in [0.15, 0.2) is 6.10 Å². The predicted molar refractivity (Wildman–Crippen MR) is 88.5 cm³/mol. The number of aryl methyl sites for hydroxylation is 2. The lowest BCUT2D eigenvalue weighted by atomic mass is 10.0. The van der Waals surface area contributed by atoms with Crippen LogP contribution in [0.1, 0.15) is 45.2 Å². The maximum atomic E-state index is 12.5. The summed E-state index contributed by atoms with van der Waals surface area (Å²) in [5, 5.41) is 0. The van der Waals surface area contributed by atoms with Gasteiger partial charge in [0.2, 0.25) is 11.7 Å². The number of benzene rings is 1. The van der Waals surface area contributed by atoms with Crippen LogP contribution in [0.4, 0.5) is 0 Å². The Kier molecular flexibility index (Phi) is 4.60. The van der Waals surface area contributed by atoms with Crippen LogP contribution < -0.4 is 4.74 Å². The van der Waals surface area contributed by atoms with Crippen molar-refractivity contribution in [1.29, 1.82) is 0 Å². The summed E-state index contributed by atoms with van der Waals surface area (Å²) in [6.07, 6.45) is 3.72. The third kappa shape index (κ3) is 3.30. The number of ether oxygens (including phenoxy) is 2. The quantitative estimate of drug-likeness (QED) is 0.624. The van der Waals surface area contributed by atoms with Crippen molar-refractivity contribution in [2.24, 2.45) is 0 Å². The molecule has 1 aliphatic carbocycles. The SMILES string of the molecule is COc1ccc(C(=O)O[C@H](C)C(=O)c2ccc3c(c2)CCC3)cn1. The number of esters is 1.